The van der Waals surface area contributed by atoms with Gasteiger partial charge in [-0.3, -0.25) is 9.59 Å². The molecular weight excluding hydrogens is 546 g/mol. The molecule has 230 valence electrons. The van der Waals surface area contributed by atoms with Gasteiger partial charge in [-0.15, -0.1) is 0 Å². The summed E-state index contributed by atoms with van der Waals surface area (Å²) in [6.45, 7) is 14.4. The number of nitrogens with one attached hydrogen (secondary N) is 2. The minimum Gasteiger partial charge on any atom is -0.508 e. The van der Waals surface area contributed by atoms with Crippen LogP contribution in [0.5, 0.6) is 11.5 Å². The lowest BCUT2D eigenvalue weighted by Crippen LogP contribution is -2.58. The van der Waals surface area contributed by atoms with E-state index in [1.807, 2.05) is 52.8 Å². The van der Waals surface area contributed by atoms with Crippen molar-refractivity contribution in [3.05, 3.63) is 89.0 Å². The van der Waals surface area contributed by atoms with Crippen LogP contribution in [-0.2, 0) is 20.7 Å². The number of ether oxygens (including phenoxy) is 1. The van der Waals surface area contributed by atoms with E-state index in [4.69, 9.17) is 4.74 Å². The molecule has 2 atom stereocenters. The molecule has 0 spiro atoms. The van der Waals surface area contributed by atoms with E-state index in [9.17, 15) is 24.6 Å². The first-order valence-electron chi connectivity index (χ1n) is 14.2. The second-order valence-electron chi connectivity index (χ2n) is 12.7. The summed E-state index contributed by atoms with van der Waals surface area (Å²) >= 11 is 0. The van der Waals surface area contributed by atoms with Crippen LogP contribution < -0.4 is 10.6 Å². The van der Waals surface area contributed by atoms with E-state index in [0.717, 1.165) is 11.1 Å². The van der Waals surface area contributed by atoms with Gasteiger partial charge in [0.05, 0.1) is 0 Å². The molecule has 3 aromatic rings. The fourth-order valence-corrected chi connectivity index (χ4v) is 4.81. The molecule has 2 unspecified atom stereocenters. The Bertz CT molecular complexity index is 1420. The lowest BCUT2D eigenvalue weighted by atomic mass is 9.93. The Morgan fingerprint density at radius 3 is 1.81 bits per heavy atom. The normalized spacial score (nSPS) is 13.0. The predicted molar refractivity (Wildman–Crippen MR) is 167 cm³/mol. The number of carbonyl (C=O) groups is 3. The zero-order valence-electron chi connectivity index (χ0n) is 26.2. The van der Waals surface area contributed by atoms with Crippen molar-refractivity contribution in [1.29, 1.82) is 0 Å². The third kappa shape index (κ3) is 8.98. The zero-order chi connectivity index (χ0) is 32.1. The van der Waals surface area contributed by atoms with Gasteiger partial charge in [-0.1, -0.05) is 42.5 Å². The van der Waals surface area contributed by atoms with Crippen LogP contribution in [-0.4, -0.2) is 50.2 Å². The van der Waals surface area contributed by atoms with Crippen LogP contribution in [0.3, 0.4) is 0 Å². The van der Waals surface area contributed by atoms with E-state index < -0.39 is 41.1 Å². The predicted octanol–water partition coefficient (Wildman–Crippen LogP) is 6.16. The van der Waals surface area contributed by atoms with Gasteiger partial charge in [-0.2, -0.15) is 0 Å². The van der Waals surface area contributed by atoms with Crippen molar-refractivity contribution >= 4 is 23.6 Å². The molecule has 9 nitrogen and oxygen atoms in total. The molecule has 0 aliphatic rings. The number of phenolic OH excluding ortho intramolecular Hbond substituents is 2. The van der Waals surface area contributed by atoms with E-state index in [0.29, 0.717) is 16.8 Å². The topological polar surface area (TPSA) is 128 Å². The SMILES string of the molecule is Cc1cccc(C)c1NC(=O)C(c1ccc(O)cc1)N(C(=O)C(Cc1ccc(O)cc1)NC(=O)OC(C)(C)C)C(C)(C)C. The summed E-state index contributed by atoms with van der Waals surface area (Å²) in [6, 6.07) is 15.9. The minimum absolute atomic E-state index is 0.0168. The molecule has 3 amide bonds. The maximum Gasteiger partial charge on any atom is 0.408 e. The van der Waals surface area contributed by atoms with E-state index in [1.54, 1.807) is 45.0 Å². The largest absolute Gasteiger partial charge is 0.508 e. The highest BCUT2D eigenvalue weighted by molar-refractivity contribution is 6.00. The van der Waals surface area contributed by atoms with Gasteiger partial charge in [0, 0.05) is 17.6 Å². The highest BCUT2D eigenvalue weighted by Crippen LogP contribution is 2.33. The number of nitrogens with zero attached hydrogens (tertiary/aromatic N) is 1. The number of aryl methyl sites for hydroxylation is 2. The Balaban J connectivity index is 2.13. The summed E-state index contributed by atoms with van der Waals surface area (Å²) < 4.78 is 5.48. The van der Waals surface area contributed by atoms with Crippen molar-refractivity contribution in [3.63, 3.8) is 0 Å². The fourth-order valence-electron chi connectivity index (χ4n) is 4.81. The summed E-state index contributed by atoms with van der Waals surface area (Å²) in [6.07, 6.45) is -0.703. The number of phenols is 2. The number of hydrogen-bond donors (Lipinski definition) is 4. The molecule has 3 aromatic carbocycles. The minimum atomic E-state index is -1.13. The first-order chi connectivity index (χ1) is 20.0. The van der Waals surface area contributed by atoms with Crippen molar-refractivity contribution in [2.75, 3.05) is 5.32 Å². The molecule has 43 heavy (non-hydrogen) atoms. The fraction of sp³-hybridized carbons (Fsp3) is 0.382. The number of hydrogen-bond acceptors (Lipinski definition) is 6. The van der Waals surface area contributed by atoms with Gasteiger partial charge in [0.2, 0.25) is 5.91 Å². The molecule has 0 saturated carbocycles. The molecule has 0 aliphatic heterocycles. The molecule has 4 N–H and O–H groups in total. The van der Waals surface area contributed by atoms with E-state index in [-0.39, 0.29) is 17.9 Å². The first-order valence-corrected chi connectivity index (χ1v) is 14.2. The number of rotatable bonds is 8. The molecule has 0 aliphatic carbocycles. The number of anilines is 1. The van der Waals surface area contributed by atoms with E-state index in [1.165, 1.54) is 29.2 Å². The molecule has 0 radical (unpaired) electrons. The molecule has 0 bridgehead atoms. The van der Waals surface area contributed by atoms with Gasteiger partial charge < -0.3 is 30.5 Å². The number of aromatic hydroxyl groups is 2. The van der Waals surface area contributed by atoms with Gasteiger partial charge in [-0.25, -0.2) is 4.79 Å². The van der Waals surface area contributed by atoms with Crippen molar-refractivity contribution in [2.45, 2.75) is 85.0 Å². The molecule has 0 heterocycles. The number of alkyl carbamates (subject to hydrolysis) is 1. The van der Waals surface area contributed by atoms with Gasteiger partial charge in [0.15, 0.2) is 0 Å². The molecule has 0 aromatic heterocycles. The van der Waals surface area contributed by atoms with Crippen LogP contribution in [0.25, 0.3) is 0 Å². The Hall–Kier alpha value is -4.53. The second kappa shape index (κ2) is 13.2. The van der Waals surface area contributed by atoms with E-state index in [2.05, 4.69) is 10.6 Å². The highest BCUT2D eigenvalue weighted by Gasteiger charge is 2.42. The standard InChI is InChI=1S/C34H43N3O6/c1-21-10-9-11-22(2)28(21)36-30(40)29(24-14-18-26(39)19-15-24)37(33(3,4)5)31(41)27(35-32(42)43-34(6,7)8)20-23-12-16-25(38)17-13-23/h9-19,27,29,38-39H,20H2,1-8H3,(H,35,42)(H,36,40). The third-order valence-electron chi connectivity index (χ3n) is 6.77. The quantitative estimate of drug-likeness (QED) is 0.249. The van der Waals surface area contributed by atoms with Crippen molar-refractivity contribution < 1.29 is 29.3 Å². The van der Waals surface area contributed by atoms with Crippen LogP contribution in [0, 0.1) is 13.8 Å². The number of amides is 3. The number of carbonyl (C=O) groups excluding carboxylic acids is 3. The molecule has 0 saturated heterocycles. The summed E-state index contributed by atoms with van der Waals surface area (Å²) in [4.78, 5) is 43.3. The maximum atomic E-state index is 14.6. The zero-order valence-corrected chi connectivity index (χ0v) is 26.2. The maximum absolute atomic E-state index is 14.6. The summed E-state index contributed by atoms with van der Waals surface area (Å²) in [7, 11) is 0. The van der Waals surface area contributed by atoms with Gasteiger partial charge in [0.25, 0.3) is 5.91 Å². The summed E-state index contributed by atoms with van der Waals surface area (Å²) in [5.74, 6) is -0.880. The molecule has 3 rings (SSSR count). The smallest absolute Gasteiger partial charge is 0.408 e. The van der Waals surface area contributed by atoms with Gasteiger partial charge >= 0.3 is 6.09 Å². The summed E-state index contributed by atoms with van der Waals surface area (Å²) in [5.41, 5.74) is 1.82. The third-order valence-corrected chi connectivity index (χ3v) is 6.77. The van der Waals surface area contributed by atoms with Crippen molar-refractivity contribution in [2.24, 2.45) is 0 Å². The lowest BCUT2D eigenvalue weighted by Gasteiger charge is -2.43. The van der Waals surface area contributed by atoms with Gasteiger partial charge in [-0.05, 0) is 102 Å². The highest BCUT2D eigenvalue weighted by atomic mass is 16.6. The monoisotopic (exact) mass is 589 g/mol. The van der Waals surface area contributed by atoms with Crippen molar-refractivity contribution in [3.8, 4) is 11.5 Å². The Kier molecular flexibility index (Phi) is 10.1. The first kappa shape index (κ1) is 33.0. The van der Waals surface area contributed by atoms with Crippen molar-refractivity contribution in [1.82, 2.24) is 10.2 Å². The lowest BCUT2D eigenvalue weighted by molar-refractivity contribution is -0.146. The number of benzene rings is 3. The Labute approximate surface area is 253 Å². The van der Waals surface area contributed by atoms with E-state index >= 15 is 0 Å². The van der Waals surface area contributed by atoms with Crippen LogP contribution in [0.2, 0.25) is 0 Å². The van der Waals surface area contributed by atoms with Crippen LogP contribution in [0.15, 0.2) is 66.7 Å². The number of para-hydroxylation sites is 1. The average molecular weight is 590 g/mol. The van der Waals surface area contributed by atoms with Crippen LogP contribution >= 0.6 is 0 Å². The Morgan fingerprint density at radius 2 is 1.33 bits per heavy atom. The van der Waals surface area contributed by atoms with Gasteiger partial charge in [0.1, 0.15) is 29.2 Å². The second-order valence-corrected chi connectivity index (χ2v) is 12.7. The van der Waals surface area contributed by atoms with Crippen LogP contribution in [0.1, 0.15) is 69.8 Å². The Morgan fingerprint density at radius 1 is 0.814 bits per heavy atom. The summed E-state index contributed by atoms with van der Waals surface area (Å²) in [5, 5.41) is 25.5. The van der Waals surface area contributed by atoms with Crippen LogP contribution in [0.4, 0.5) is 10.5 Å². The molecular formula is C34H43N3O6. The molecule has 0 fully saturated rings. The average Bonchev–Trinajstić information content (AvgIpc) is 2.88. The molecule has 9 heteroatoms.